The molecule has 0 aliphatic heterocycles. The van der Waals surface area contributed by atoms with Crippen molar-refractivity contribution in [3.05, 3.63) is 34.2 Å². The first-order valence-electron chi connectivity index (χ1n) is 7.81. The second-order valence-corrected chi connectivity index (χ2v) is 5.24. The lowest BCUT2D eigenvalue weighted by atomic mass is 10.0. The molecule has 0 atom stereocenters. The van der Waals surface area contributed by atoms with Crippen LogP contribution in [-0.2, 0) is 6.42 Å². The summed E-state index contributed by atoms with van der Waals surface area (Å²) in [6.45, 7) is 4.80. The summed E-state index contributed by atoms with van der Waals surface area (Å²) in [5, 5.41) is 0.590. The zero-order valence-corrected chi connectivity index (χ0v) is 12.9. The van der Waals surface area contributed by atoms with E-state index in [-0.39, 0.29) is 11.7 Å². The van der Waals surface area contributed by atoms with Crippen LogP contribution in [-0.4, -0.2) is 11.6 Å². The molecule has 1 aromatic carbocycles. The van der Waals surface area contributed by atoms with Gasteiger partial charge in [-0.3, -0.25) is 0 Å². The average molecular weight is 289 g/mol. The number of benzene rings is 1. The molecule has 4 nitrogen and oxygen atoms in total. The monoisotopic (exact) mass is 289 g/mol. The van der Waals surface area contributed by atoms with Gasteiger partial charge in [-0.05, 0) is 30.9 Å². The van der Waals surface area contributed by atoms with E-state index in [1.807, 2.05) is 18.2 Å². The molecule has 2 rings (SSSR count). The van der Waals surface area contributed by atoms with Crippen LogP contribution in [0.5, 0.6) is 6.08 Å². The second-order valence-electron chi connectivity index (χ2n) is 5.24. The minimum Gasteiger partial charge on any atom is -0.450 e. The zero-order valence-electron chi connectivity index (χ0n) is 12.9. The van der Waals surface area contributed by atoms with Crippen LogP contribution < -0.4 is 10.4 Å². The number of rotatable bonds is 8. The largest absolute Gasteiger partial charge is 0.450 e. The third kappa shape index (κ3) is 4.06. The lowest BCUT2D eigenvalue weighted by Gasteiger charge is -2.06. The molecule has 0 saturated carbocycles. The fraction of sp³-hybridized carbons (Fsp3) is 0.529. The Bertz CT molecular complexity index is 633. The molecular weight excluding hydrogens is 266 g/mol. The molecule has 1 aromatic heterocycles. The number of aromatic nitrogens is 1. The van der Waals surface area contributed by atoms with E-state index in [0.29, 0.717) is 17.5 Å². The Hall–Kier alpha value is -1.84. The van der Waals surface area contributed by atoms with Crippen LogP contribution in [0.25, 0.3) is 10.9 Å². The van der Waals surface area contributed by atoms with Gasteiger partial charge in [0.1, 0.15) is 0 Å². The Morgan fingerprint density at radius 3 is 2.71 bits per heavy atom. The Labute approximate surface area is 125 Å². The third-order valence-corrected chi connectivity index (χ3v) is 3.50. The number of nitrogens with zero attached hydrogens (tertiary/aromatic N) is 1. The van der Waals surface area contributed by atoms with Crippen molar-refractivity contribution in [2.75, 3.05) is 6.61 Å². The summed E-state index contributed by atoms with van der Waals surface area (Å²) < 4.78 is 10.6. The molecule has 0 spiro atoms. The number of ether oxygens (including phenoxy) is 1. The molecule has 0 saturated heterocycles. The molecule has 4 heteroatoms. The van der Waals surface area contributed by atoms with Crippen LogP contribution in [0.15, 0.2) is 27.4 Å². The molecule has 0 N–H and O–H groups in total. The summed E-state index contributed by atoms with van der Waals surface area (Å²) in [4.78, 5) is 16.5. The van der Waals surface area contributed by atoms with Gasteiger partial charge in [-0.2, -0.15) is 4.98 Å². The smallest absolute Gasteiger partial charge is 0.397 e. The van der Waals surface area contributed by atoms with E-state index in [0.717, 1.165) is 44.1 Å². The maximum Gasteiger partial charge on any atom is 0.397 e. The fourth-order valence-corrected chi connectivity index (χ4v) is 2.32. The Kier molecular flexibility index (Phi) is 5.78. The molecule has 0 aliphatic rings. The van der Waals surface area contributed by atoms with Crippen molar-refractivity contribution in [1.82, 2.24) is 4.98 Å². The number of aryl methyl sites for hydroxylation is 1. The first-order chi connectivity index (χ1) is 10.3. The van der Waals surface area contributed by atoms with E-state index < -0.39 is 0 Å². The highest BCUT2D eigenvalue weighted by atomic mass is 16.6. The van der Waals surface area contributed by atoms with Gasteiger partial charge in [0, 0.05) is 0 Å². The van der Waals surface area contributed by atoms with E-state index in [2.05, 4.69) is 18.8 Å². The van der Waals surface area contributed by atoms with E-state index >= 15 is 0 Å². The van der Waals surface area contributed by atoms with Crippen molar-refractivity contribution in [1.29, 1.82) is 0 Å². The van der Waals surface area contributed by atoms with Gasteiger partial charge in [0.25, 0.3) is 0 Å². The van der Waals surface area contributed by atoms with Gasteiger partial charge in [0.15, 0.2) is 0 Å². The highest BCUT2D eigenvalue weighted by Crippen LogP contribution is 2.18. The lowest BCUT2D eigenvalue weighted by Crippen LogP contribution is -2.08. The Morgan fingerprint density at radius 2 is 1.95 bits per heavy atom. The fourth-order valence-electron chi connectivity index (χ4n) is 2.32. The van der Waals surface area contributed by atoms with Gasteiger partial charge in [-0.1, -0.05) is 45.2 Å². The second kappa shape index (κ2) is 7.81. The predicted molar refractivity (Wildman–Crippen MR) is 83.9 cm³/mol. The van der Waals surface area contributed by atoms with Crippen molar-refractivity contribution in [2.24, 2.45) is 0 Å². The summed E-state index contributed by atoms with van der Waals surface area (Å²) in [5.41, 5.74) is 1.32. The standard InChI is InChI=1S/C17H23NO3/c1-3-5-7-12-20-17-18-14-11-8-10-13(9-6-4-2)15(14)16(19)21-17/h8,10-11H,3-7,9,12H2,1-2H3. The van der Waals surface area contributed by atoms with Crippen molar-refractivity contribution in [2.45, 2.75) is 52.4 Å². The average Bonchev–Trinajstić information content (AvgIpc) is 2.49. The third-order valence-electron chi connectivity index (χ3n) is 3.50. The van der Waals surface area contributed by atoms with Crippen LogP contribution in [0.4, 0.5) is 0 Å². The van der Waals surface area contributed by atoms with E-state index in [9.17, 15) is 4.79 Å². The summed E-state index contributed by atoms with van der Waals surface area (Å²) in [6, 6.07) is 5.74. The van der Waals surface area contributed by atoms with Gasteiger partial charge in [-0.25, -0.2) is 4.79 Å². The quantitative estimate of drug-likeness (QED) is 0.686. The molecule has 0 aliphatic carbocycles. The van der Waals surface area contributed by atoms with Crippen molar-refractivity contribution < 1.29 is 9.15 Å². The topological polar surface area (TPSA) is 52.3 Å². The van der Waals surface area contributed by atoms with E-state index in [1.165, 1.54) is 0 Å². The minimum atomic E-state index is -0.350. The van der Waals surface area contributed by atoms with Gasteiger partial charge in [0.05, 0.1) is 17.5 Å². The first-order valence-corrected chi connectivity index (χ1v) is 7.81. The number of unbranched alkanes of at least 4 members (excludes halogenated alkanes) is 3. The molecule has 0 radical (unpaired) electrons. The summed E-state index contributed by atoms with van der Waals surface area (Å²) >= 11 is 0. The molecule has 1 heterocycles. The van der Waals surface area contributed by atoms with Crippen LogP contribution in [0.3, 0.4) is 0 Å². The predicted octanol–water partition coefficient (Wildman–Crippen LogP) is 4.10. The molecule has 114 valence electrons. The van der Waals surface area contributed by atoms with E-state index in [1.54, 1.807) is 0 Å². The molecule has 0 bridgehead atoms. The lowest BCUT2D eigenvalue weighted by molar-refractivity contribution is 0.212. The highest BCUT2D eigenvalue weighted by Gasteiger charge is 2.11. The summed E-state index contributed by atoms with van der Waals surface area (Å²) in [6.07, 6.45) is 6.25. The maximum atomic E-state index is 12.2. The van der Waals surface area contributed by atoms with Crippen molar-refractivity contribution >= 4 is 10.9 Å². The van der Waals surface area contributed by atoms with Gasteiger partial charge >= 0.3 is 11.7 Å². The van der Waals surface area contributed by atoms with Crippen LogP contribution in [0.1, 0.15) is 51.5 Å². The Morgan fingerprint density at radius 1 is 1.14 bits per heavy atom. The van der Waals surface area contributed by atoms with Gasteiger partial charge in [-0.15, -0.1) is 0 Å². The SMILES string of the molecule is CCCCCOc1nc2cccc(CCCC)c2c(=O)o1. The van der Waals surface area contributed by atoms with Crippen LogP contribution in [0, 0.1) is 0 Å². The summed E-state index contributed by atoms with van der Waals surface area (Å²) in [5.74, 6) is 0. The van der Waals surface area contributed by atoms with E-state index in [4.69, 9.17) is 9.15 Å². The first kappa shape index (κ1) is 15.5. The molecular formula is C17H23NO3. The minimum absolute atomic E-state index is 0.0799. The van der Waals surface area contributed by atoms with Crippen molar-refractivity contribution in [3.8, 4) is 6.08 Å². The molecule has 0 amide bonds. The van der Waals surface area contributed by atoms with Crippen molar-refractivity contribution in [3.63, 3.8) is 0 Å². The molecule has 21 heavy (non-hydrogen) atoms. The zero-order chi connectivity index (χ0) is 15.1. The van der Waals surface area contributed by atoms with Crippen LogP contribution >= 0.6 is 0 Å². The highest BCUT2D eigenvalue weighted by molar-refractivity contribution is 5.80. The number of fused-ring (bicyclic) bond motifs is 1. The Balaban J connectivity index is 2.23. The molecule has 0 fully saturated rings. The van der Waals surface area contributed by atoms with Gasteiger partial charge < -0.3 is 9.15 Å². The van der Waals surface area contributed by atoms with Gasteiger partial charge in [0.2, 0.25) is 0 Å². The number of hydrogen-bond acceptors (Lipinski definition) is 4. The normalized spacial score (nSPS) is 11.0. The number of hydrogen-bond donors (Lipinski definition) is 0. The maximum absolute atomic E-state index is 12.2. The molecule has 0 unspecified atom stereocenters. The summed E-state index contributed by atoms with van der Waals surface area (Å²) in [7, 11) is 0. The van der Waals surface area contributed by atoms with Crippen LogP contribution in [0.2, 0.25) is 0 Å². The molecule has 2 aromatic rings.